The molecule has 0 aromatic carbocycles. The van der Waals surface area contributed by atoms with E-state index in [2.05, 4.69) is 51.6 Å². The van der Waals surface area contributed by atoms with E-state index < -0.39 is 0 Å². The maximum Gasteiger partial charge on any atom is 0.0329 e. The van der Waals surface area contributed by atoms with Gasteiger partial charge in [0, 0.05) is 24.7 Å². The largest absolute Gasteiger partial charge is 0.329 e. The van der Waals surface area contributed by atoms with Gasteiger partial charge in [-0.25, -0.2) is 0 Å². The van der Waals surface area contributed by atoms with Gasteiger partial charge in [-0.15, -0.1) is 0 Å². The van der Waals surface area contributed by atoms with Gasteiger partial charge in [0.1, 0.15) is 0 Å². The molecule has 1 unspecified atom stereocenters. The molecule has 0 spiro atoms. The fourth-order valence-electron chi connectivity index (χ4n) is 2.80. The van der Waals surface area contributed by atoms with E-state index in [4.69, 9.17) is 5.73 Å². The van der Waals surface area contributed by atoms with Crippen LogP contribution in [0.1, 0.15) is 40.5 Å². The van der Waals surface area contributed by atoms with Gasteiger partial charge in [0.05, 0.1) is 0 Å². The summed E-state index contributed by atoms with van der Waals surface area (Å²) >= 11 is 0. The second-order valence-electron chi connectivity index (χ2n) is 5.03. The minimum atomic E-state index is 0.185. The molecule has 2 N–H and O–H groups in total. The second kappa shape index (κ2) is 7.25. The van der Waals surface area contributed by atoms with Gasteiger partial charge in [-0.3, -0.25) is 4.90 Å². The summed E-state index contributed by atoms with van der Waals surface area (Å²) in [4.78, 5) is 4.83. The highest BCUT2D eigenvalue weighted by Gasteiger charge is 2.33. The molecule has 0 saturated carbocycles. The summed E-state index contributed by atoms with van der Waals surface area (Å²) in [6, 6.07) is 0.559. The molecule has 0 aliphatic rings. The van der Waals surface area contributed by atoms with Gasteiger partial charge < -0.3 is 10.6 Å². The van der Waals surface area contributed by atoms with E-state index in [0.29, 0.717) is 6.04 Å². The number of hydrogen-bond acceptors (Lipinski definition) is 3. The lowest BCUT2D eigenvalue weighted by molar-refractivity contribution is 0.0418. The van der Waals surface area contributed by atoms with Crippen molar-refractivity contribution in [3.63, 3.8) is 0 Å². The summed E-state index contributed by atoms with van der Waals surface area (Å²) in [6.07, 6.45) is 2.26. The molecule has 98 valence electrons. The lowest BCUT2D eigenvalue weighted by atomic mass is 9.89. The molecule has 3 heteroatoms. The number of rotatable bonds is 8. The van der Waals surface area contributed by atoms with Crippen molar-refractivity contribution in [1.82, 2.24) is 9.80 Å². The molecule has 0 heterocycles. The maximum absolute atomic E-state index is 6.02. The monoisotopic (exact) mass is 229 g/mol. The van der Waals surface area contributed by atoms with Crippen molar-refractivity contribution >= 4 is 0 Å². The summed E-state index contributed by atoms with van der Waals surface area (Å²) in [5.74, 6) is 0. The Balaban J connectivity index is 4.78. The van der Waals surface area contributed by atoms with Crippen LogP contribution < -0.4 is 5.73 Å². The van der Waals surface area contributed by atoms with Crippen LogP contribution in [0.2, 0.25) is 0 Å². The predicted octanol–water partition coefficient (Wildman–Crippen LogP) is 1.78. The highest BCUT2D eigenvalue weighted by molar-refractivity contribution is 4.92. The van der Waals surface area contributed by atoms with Crippen molar-refractivity contribution in [2.45, 2.75) is 52.1 Å². The van der Waals surface area contributed by atoms with Crippen molar-refractivity contribution in [3.05, 3.63) is 0 Å². The highest BCUT2D eigenvalue weighted by atomic mass is 15.3. The van der Waals surface area contributed by atoms with Crippen LogP contribution in [0.3, 0.4) is 0 Å². The predicted molar refractivity (Wildman–Crippen MR) is 72.8 cm³/mol. The standard InChI is InChI=1S/C13H31N3/c1-7-13(8-2,11-14)16(9-3)12(4)10-15(5)6/h12H,7-11,14H2,1-6H3. The minimum Gasteiger partial charge on any atom is -0.329 e. The van der Waals surface area contributed by atoms with E-state index in [-0.39, 0.29) is 5.54 Å². The van der Waals surface area contributed by atoms with Crippen molar-refractivity contribution < 1.29 is 0 Å². The molecule has 3 nitrogen and oxygen atoms in total. The summed E-state index contributed by atoms with van der Waals surface area (Å²) in [7, 11) is 4.26. The van der Waals surface area contributed by atoms with Crippen molar-refractivity contribution in [3.8, 4) is 0 Å². The van der Waals surface area contributed by atoms with Crippen molar-refractivity contribution in [1.29, 1.82) is 0 Å². The van der Waals surface area contributed by atoms with Gasteiger partial charge in [0.15, 0.2) is 0 Å². The number of nitrogens with zero attached hydrogens (tertiary/aromatic N) is 2. The molecule has 16 heavy (non-hydrogen) atoms. The molecular formula is C13H31N3. The summed E-state index contributed by atoms with van der Waals surface area (Å²) in [6.45, 7) is 12.0. The topological polar surface area (TPSA) is 32.5 Å². The SMILES string of the molecule is CCN(C(C)CN(C)C)C(CC)(CC)CN. The quantitative estimate of drug-likeness (QED) is 0.688. The molecule has 0 amide bonds. The minimum absolute atomic E-state index is 0.185. The molecule has 1 atom stereocenters. The Labute approximate surface area is 102 Å². The zero-order chi connectivity index (χ0) is 12.8. The van der Waals surface area contributed by atoms with Gasteiger partial charge >= 0.3 is 0 Å². The third-order valence-electron chi connectivity index (χ3n) is 3.81. The molecule has 0 aromatic heterocycles. The summed E-state index contributed by atoms with van der Waals surface area (Å²) in [5, 5.41) is 0. The van der Waals surface area contributed by atoms with E-state index in [9.17, 15) is 0 Å². The average molecular weight is 229 g/mol. The zero-order valence-corrected chi connectivity index (χ0v) is 12.1. The van der Waals surface area contributed by atoms with E-state index in [1.165, 1.54) is 0 Å². The smallest absolute Gasteiger partial charge is 0.0329 e. The van der Waals surface area contributed by atoms with Crippen LogP contribution in [0, 0.1) is 0 Å². The molecule has 0 radical (unpaired) electrons. The van der Waals surface area contributed by atoms with Gasteiger partial charge in [-0.1, -0.05) is 20.8 Å². The third-order valence-corrected chi connectivity index (χ3v) is 3.81. The van der Waals surface area contributed by atoms with E-state index >= 15 is 0 Å². The van der Waals surface area contributed by atoms with Crippen LogP contribution in [0.15, 0.2) is 0 Å². The highest BCUT2D eigenvalue weighted by Crippen LogP contribution is 2.25. The Hall–Kier alpha value is -0.120. The molecule has 0 fully saturated rings. The molecule has 0 aliphatic heterocycles. The Morgan fingerprint density at radius 1 is 1.12 bits per heavy atom. The van der Waals surface area contributed by atoms with Crippen LogP contribution in [0.4, 0.5) is 0 Å². The number of likely N-dealkylation sites (N-methyl/N-ethyl adjacent to an activating group) is 2. The maximum atomic E-state index is 6.02. The second-order valence-corrected chi connectivity index (χ2v) is 5.03. The van der Waals surface area contributed by atoms with Crippen LogP contribution >= 0.6 is 0 Å². The molecule has 0 aromatic rings. The van der Waals surface area contributed by atoms with E-state index in [1.807, 2.05) is 0 Å². The number of nitrogens with two attached hydrogens (primary N) is 1. The summed E-state index contributed by atoms with van der Waals surface area (Å²) in [5.41, 5.74) is 6.20. The van der Waals surface area contributed by atoms with Crippen LogP contribution in [-0.4, -0.2) is 55.1 Å². The molecule has 0 rings (SSSR count). The Kier molecular flexibility index (Phi) is 7.20. The first-order valence-corrected chi connectivity index (χ1v) is 6.58. The van der Waals surface area contributed by atoms with Crippen molar-refractivity contribution in [2.75, 3.05) is 33.7 Å². The fourth-order valence-corrected chi connectivity index (χ4v) is 2.80. The van der Waals surface area contributed by atoms with E-state index in [0.717, 1.165) is 32.5 Å². The third kappa shape index (κ3) is 3.72. The Bertz CT molecular complexity index is 168. The van der Waals surface area contributed by atoms with Gasteiger partial charge in [0.2, 0.25) is 0 Å². The molecule has 0 bridgehead atoms. The van der Waals surface area contributed by atoms with Crippen LogP contribution in [0.5, 0.6) is 0 Å². The van der Waals surface area contributed by atoms with Gasteiger partial charge in [-0.2, -0.15) is 0 Å². The van der Waals surface area contributed by atoms with Crippen molar-refractivity contribution in [2.24, 2.45) is 5.73 Å². The first kappa shape index (κ1) is 15.9. The Morgan fingerprint density at radius 2 is 1.62 bits per heavy atom. The van der Waals surface area contributed by atoms with E-state index in [1.54, 1.807) is 0 Å². The van der Waals surface area contributed by atoms with Crippen LogP contribution in [0.25, 0.3) is 0 Å². The normalized spacial score (nSPS) is 14.8. The fraction of sp³-hybridized carbons (Fsp3) is 1.00. The zero-order valence-electron chi connectivity index (χ0n) is 12.1. The Morgan fingerprint density at radius 3 is 1.88 bits per heavy atom. The lowest BCUT2D eigenvalue weighted by Gasteiger charge is -2.46. The first-order valence-electron chi connectivity index (χ1n) is 6.58. The van der Waals surface area contributed by atoms with Crippen LogP contribution in [-0.2, 0) is 0 Å². The average Bonchev–Trinajstić information content (AvgIpc) is 2.24. The molecular weight excluding hydrogens is 198 g/mol. The molecule has 0 saturated heterocycles. The summed E-state index contributed by atoms with van der Waals surface area (Å²) < 4.78 is 0. The van der Waals surface area contributed by atoms with Gasteiger partial charge in [0.25, 0.3) is 0 Å². The van der Waals surface area contributed by atoms with Gasteiger partial charge in [-0.05, 0) is 40.4 Å². The number of hydrogen-bond donors (Lipinski definition) is 1. The molecule has 0 aliphatic carbocycles. The first-order chi connectivity index (χ1) is 7.47. The lowest BCUT2D eigenvalue weighted by Crippen LogP contribution is -2.58.